The van der Waals surface area contributed by atoms with Gasteiger partial charge in [0.2, 0.25) is 0 Å². The van der Waals surface area contributed by atoms with Gasteiger partial charge in [-0.1, -0.05) is 13.8 Å². The first-order valence-corrected chi connectivity index (χ1v) is 10.00. The number of piperazine rings is 1. The fourth-order valence-electron chi connectivity index (χ4n) is 3.65. The van der Waals surface area contributed by atoms with Gasteiger partial charge in [0.15, 0.2) is 5.58 Å². The molecule has 0 atom stereocenters. The molecule has 1 saturated heterocycles. The van der Waals surface area contributed by atoms with Crippen LogP contribution >= 0.6 is 0 Å². The van der Waals surface area contributed by atoms with Crippen molar-refractivity contribution in [2.75, 3.05) is 31.1 Å². The third-order valence-electron chi connectivity index (χ3n) is 5.24. The third-order valence-corrected chi connectivity index (χ3v) is 5.24. The average Bonchev–Trinajstić information content (AvgIpc) is 3.17. The summed E-state index contributed by atoms with van der Waals surface area (Å²) in [4.78, 5) is 20.9. The molecule has 2 aromatic heterocycles. The van der Waals surface area contributed by atoms with Crippen LogP contribution in [0, 0.1) is 5.82 Å². The predicted octanol–water partition coefficient (Wildman–Crippen LogP) is 4.65. The van der Waals surface area contributed by atoms with Gasteiger partial charge in [-0.05, 0) is 12.1 Å². The van der Waals surface area contributed by atoms with Gasteiger partial charge in [0, 0.05) is 62.2 Å². The van der Waals surface area contributed by atoms with Crippen LogP contribution in [0.15, 0.2) is 40.9 Å². The molecule has 6 nitrogen and oxygen atoms in total. The van der Waals surface area contributed by atoms with Gasteiger partial charge in [0.1, 0.15) is 22.8 Å². The van der Waals surface area contributed by atoms with Crippen molar-refractivity contribution < 1.29 is 27.1 Å². The molecule has 0 bridgehead atoms. The number of carbonyl (C=O) groups excluding carboxylic acids is 1. The Kier molecular flexibility index (Phi) is 5.75. The number of furan rings is 1. The Hall–Kier alpha value is -3.23. The van der Waals surface area contributed by atoms with Gasteiger partial charge in [0.25, 0.3) is 5.91 Å². The fourth-order valence-corrected chi connectivity index (χ4v) is 3.65. The van der Waals surface area contributed by atoms with Crippen molar-refractivity contribution in [1.82, 2.24) is 9.88 Å². The Morgan fingerprint density at radius 3 is 2.55 bits per heavy atom. The second kappa shape index (κ2) is 8.49. The van der Waals surface area contributed by atoms with E-state index in [1.54, 1.807) is 17.2 Å². The topological polar surface area (TPSA) is 58.8 Å². The minimum absolute atomic E-state index is 0.169. The number of benzene rings is 1. The van der Waals surface area contributed by atoms with E-state index in [1.165, 1.54) is 12.1 Å². The maximum Gasteiger partial charge on any atom is 0.387 e. The molecule has 0 saturated carbocycles. The second-order valence-electron chi connectivity index (χ2n) is 7.68. The maximum absolute atomic E-state index is 13.8. The molecule has 0 unspecified atom stereocenters. The van der Waals surface area contributed by atoms with Gasteiger partial charge in [-0.25, -0.2) is 4.39 Å². The first-order chi connectivity index (χ1) is 14.8. The van der Waals surface area contributed by atoms with Crippen LogP contribution in [0.5, 0.6) is 5.75 Å². The molecular formula is C22H22F3N3O3. The monoisotopic (exact) mass is 433 g/mol. The summed E-state index contributed by atoms with van der Waals surface area (Å²) in [6, 6.07) is 7.04. The molecule has 4 rings (SSSR count). The van der Waals surface area contributed by atoms with Crippen molar-refractivity contribution in [3.8, 4) is 5.75 Å². The Labute approximate surface area is 177 Å². The van der Waals surface area contributed by atoms with Crippen LogP contribution in [0.2, 0.25) is 0 Å². The van der Waals surface area contributed by atoms with Gasteiger partial charge >= 0.3 is 6.61 Å². The predicted molar refractivity (Wildman–Crippen MR) is 109 cm³/mol. The summed E-state index contributed by atoms with van der Waals surface area (Å²) in [5.41, 5.74) is 1.99. The largest absolute Gasteiger partial charge is 0.458 e. The zero-order valence-corrected chi connectivity index (χ0v) is 17.1. The van der Waals surface area contributed by atoms with Gasteiger partial charge in [-0.2, -0.15) is 8.78 Å². The molecule has 1 aliphatic heterocycles. The molecular weight excluding hydrogens is 411 g/mol. The molecule has 3 heterocycles. The molecule has 3 aromatic rings. The van der Waals surface area contributed by atoms with Crippen molar-refractivity contribution in [2.24, 2.45) is 0 Å². The number of alkyl halides is 2. The molecule has 31 heavy (non-hydrogen) atoms. The number of fused-ring (bicyclic) bond motifs is 1. The Balaban J connectivity index is 1.49. The summed E-state index contributed by atoms with van der Waals surface area (Å²) in [5.74, 6) is -0.129. The standard InChI is InChI=1S/C22H22F3N3O3/c1-13(2)19-12-18-20(31-19)17(3-4-26-18)21(29)28-7-5-27(6-8-28)15-9-14(23)10-16(11-15)30-22(24)25/h3-4,9-13,22H,5-8H2,1-2H3. The molecule has 0 spiro atoms. The zero-order chi connectivity index (χ0) is 22.1. The summed E-state index contributed by atoms with van der Waals surface area (Å²) in [7, 11) is 0. The van der Waals surface area contributed by atoms with Crippen LogP contribution in [0.1, 0.15) is 35.9 Å². The van der Waals surface area contributed by atoms with Crippen LogP contribution < -0.4 is 9.64 Å². The lowest BCUT2D eigenvalue weighted by molar-refractivity contribution is -0.0499. The van der Waals surface area contributed by atoms with Crippen LogP contribution in [0.25, 0.3) is 11.1 Å². The fraction of sp³-hybridized carbons (Fsp3) is 0.364. The minimum atomic E-state index is -3.03. The molecule has 9 heteroatoms. The average molecular weight is 433 g/mol. The number of hydrogen-bond acceptors (Lipinski definition) is 5. The number of carbonyl (C=O) groups is 1. The maximum atomic E-state index is 13.8. The number of amides is 1. The Morgan fingerprint density at radius 2 is 1.87 bits per heavy atom. The Morgan fingerprint density at radius 1 is 1.13 bits per heavy atom. The number of pyridine rings is 1. The zero-order valence-electron chi connectivity index (χ0n) is 17.1. The van der Waals surface area contributed by atoms with Crippen molar-refractivity contribution in [1.29, 1.82) is 0 Å². The van der Waals surface area contributed by atoms with E-state index in [0.29, 0.717) is 48.5 Å². The number of rotatable bonds is 5. The van der Waals surface area contributed by atoms with Crippen LogP contribution in [-0.4, -0.2) is 48.6 Å². The van der Waals surface area contributed by atoms with E-state index in [2.05, 4.69) is 9.72 Å². The highest BCUT2D eigenvalue weighted by molar-refractivity contribution is 6.04. The van der Waals surface area contributed by atoms with E-state index in [4.69, 9.17) is 4.42 Å². The first kappa shape index (κ1) is 21.0. The second-order valence-corrected chi connectivity index (χ2v) is 7.68. The van der Waals surface area contributed by atoms with Gasteiger partial charge in [-0.3, -0.25) is 9.78 Å². The molecule has 1 amide bonds. The Bertz CT molecular complexity index is 1090. The summed E-state index contributed by atoms with van der Waals surface area (Å²) < 4.78 is 49.0. The lowest BCUT2D eigenvalue weighted by Crippen LogP contribution is -2.48. The summed E-state index contributed by atoms with van der Waals surface area (Å²) in [5, 5.41) is 0. The molecule has 1 aliphatic rings. The molecule has 1 aromatic carbocycles. The summed E-state index contributed by atoms with van der Waals surface area (Å²) >= 11 is 0. The molecule has 0 radical (unpaired) electrons. The lowest BCUT2D eigenvalue weighted by Gasteiger charge is -2.36. The highest BCUT2D eigenvalue weighted by Crippen LogP contribution is 2.28. The van der Waals surface area contributed by atoms with Crippen LogP contribution in [0.4, 0.5) is 18.9 Å². The van der Waals surface area contributed by atoms with Gasteiger partial charge in [0.05, 0.1) is 5.56 Å². The van der Waals surface area contributed by atoms with Crippen molar-refractivity contribution in [3.05, 3.63) is 53.7 Å². The lowest BCUT2D eigenvalue weighted by atomic mass is 10.1. The van der Waals surface area contributed by atoms with E-state index in [1.807, 2.05) is 24.8 Å². The highest BCUT2D eigenvalue weighted by Gasteiger charge is 2.26. The van der Waals surface area contributed by atoms with E-state index in [0.717, 1.165) is 11.8 Å². The highest BCUT2D eigenvalue weighted by atomic mass is 19.3. The van der Waals surface area contributed by atoms with E-state index in [9.17, 15) is 18.0 Å². The number of anilines is 1. The van der Waals surface area contributed by atoms with Gasteiger partial charge in [-0.15, -0.1) is 0 Å². The summed E-state index contributed by atoms with van der Waals surface area (Å²) in [6.45, 7) is 2.61. The third kappa shape index (κ3) is 4.45. The van der Waals surface area contributed by atoms with Gasteiger partial charge < -0.3 is 19.0 Å². The van der Waals surface area contributed by atoms with Crippen molar-refractivity contribution in [2.45, 2.75) is 26.4 Å². The summed E-state index contributed by atoms with van der Waals surface area (Å²) in [6.07, 6.45) is 1.59. The van der Waals surface area contributed by atoms with E-state index < -0.39 is 12.4 Å². The molecule has 1 fully saturated rings. The quantitative estimate of drug-likeness (QED) is 0.586. The molecule has 164 valence electrons. The molecule has 0 aliphatic carbocycles. The number of aromatic nitrogens is 1. The molecule has 0 N–H and O–H groups in total. The van der Waals surface area contributed by atoms with Crippen LogP contribution in [-0.2, 0) is 0 Å². The van der Waals surface area contributed by atoms with E-state index in [-0.39, 0.29) is 17.6 Å². The normalized spacial score (nSPS) is 14.7. The number of hydrogen-bond donors (Lipinski definition) is 0. The number of ether oxygens (including phenoxy) is 1. The van der Waals surface area contributed by atoms with E-state index >= 15 is 0 Å². The first-order valence-electron chi connectivity index (χ1n) is 10.00. The number of nitrogens with zero attached hydrogens (tertiary/aromatic N) is 3. The minimum Gasteiger partial charge on any atom is -0.458 e. The van der Waals surface area contributed by atoms with Crippen molar-refractivity contribution in [3.63, 3.8) is 0 Å². The van der Waals surface area contributed by atoms with Crippen LogP contribution in [0.3, 0.4) is 0 Å². The van der Waals surface area contributed by atoms with Crippen molar-refractivity contribution >= 4 is 22.7 Å². The number of halogens is 3. The smallest absolute Gasteiger partial charge is 0.387 e. The SMILES string of the molecule is CC(C)c1cc2nccc(C(=O)N3CCN(c4cc(F)cc(OC(F)F)c4)CC3)c2o1.